The van der Waals surface area contributed by atoms with E-state index in [0.717, 1.165) is 34.6 Å². The molecule has 0 bridgehead atoms. The molecule has 0 spiro atoms. The van der Waals surface area contributed by atoms with Crippen LogP contribution in [0.3, 0.4) is 0 Å². The SMILES string of the molecule is COc1cc(C)ccc1-c1nc2c(c(NN)n1)COCC2. The van der Waals surface area contributed by atoms with E-state index < -0.39 is 0 Å². The Kier molecular flexibility index (Phi) is 3.72. The summed E-state index contributed by atoms with van der Waals surface area (Å²) in [6.45, 7) is 3.17. The van der Waals surface area contributed by atoms with Gasteiger partial charge in [0.2, 0.25) is 0 Å². The summed E-state index contributed by atoms with van der Waals surface area (Å²) in [4.78, 5) is 9.17. The maximum absolute atomic E-state index is 5.59. The van der Waals surface area contributed by atoms with E-state index >= 15 is 0 Å². The number of fused-ring (bicyclic) bond motifs is 1. The van der Waals surface area contributed by atoms with Crippen LogP contribution < -0.4 is 16.0 Å². The number of aromatic nitrogens is 2. The Morgan fingerprint density at radius 1 is 1.33 bits per heavy atom. The van der Waals surface area contributed by atoms with Crippen LogP contribution in [-0.4, -0.2) is 23.7 Å². The molecular weight excluding hydrogens is 268 g/mol. The minimum Gasteiger partial charge on any atom is -0.496 e. The maximum atomic E-state index is 5.59. The van der Waals surface area contributed by atoms with Crippen molar-refractivity contribution in [2.45, 2.75) is 20.0 Å². The maximum Gasteiger partial charge on any atom is 0.165 e. The summed E-state index contributed by atoms with van der Waals surface area (Å²) < 4.78 is 10.9. The van der Waals surface area contributed by atoms with Crippen molar-refractivity contribution in [1.82, 2.24) is 9.97 Å². The fourth-order valence-electron chi connectivity index (χ4n) is 2.45. The molecule has 1 aromatic heterocycles. The van der Waals surface area contributed by atoms with Crippen LogP contribution in [-0.2, 0) is 17.8 Å². The minimum atomic E-state index is 0.486. The summed E-state index contributed by atoms with van der Waals surface area (Å²) in [5.41, 5.74) is 6.52. The number of hydrazine groups is 1. The third-order valence-electron chi connectivity index (χ3n) is 3.56. The Bertz CT molecular complexity index is 656. The second kappa shape index (κ2) is 5.67. The van der Waals surface area contributed by atoms with Gasteiger partial charge in [-0.05, 0) is 24.6 Å². The molecule has 0 unspecified atom stereocenters. The first kappa shape index (κ1) is 13.8. The van der Waals surface area contributed by atoms with E-state index in [0.29, 0.717) is 24.9 Å². The molecular formula is C15H18N4O2. The molecule has 0 fully saturated rings. The number of benzene rings is 1. The van der Waals surface area contributed by atoms with Crippen LogP contribution in [0.4, 0.5) is 5.82 Å². The van der Waals surface area contributed by atoms with Crippen LogP contribution in [0.5, 0.6) is 5.75 Å². The zero-order valence-corrected chi connectivity index (χ0v) is 12.1. The first-order valence-corrected chi connectivity index (χ1v) is 6.82. The smallest absolute Gasteiger partial charge is 0.165 e. The highest BCUT2D eigenvalue weighted by Gasteiger charge is 2.19. The summed E-state index contributed by atoms with van der Waals surface area (Å²) in [6, 6.07) is 5.95. The summed E-state index contributed by atoms with van der Waals surface area (Å²) >= 11 is 0. The lowest BCUT2D eigenvalue weighted by Crippen LogP contribution is -2.19. The van der Waals surface area contributed by atoms with Crippen LogP contribution in [0, 0.1) is 6.92 Å². The minimum absolute atomic E-state index is 0.486. The van der Waals surface area contributed by atoms with Crippen molar-refractivity contribution in [1.29, 1.82) is 0 Å². The number of hydrogen-bond acceptors (Lipinski definition) is 6. The number of nitrogens with two attached hydrogens (primary N) is 1. The Morgan fingerprint density at radius 2 is 2.19 bits per heavy atom. The number of ether oxygens (including phenoxy) is 2. The molecule has 0 radical (unpaired) electrons. The van der Waals surface area contributed by atoms with Gasteiger partial charge in [-0.1, -0.05) is 6.07 Å². The number of nitrogens with one attached hydrogen (secondary N) is 1. The number of nitrogens with zero attached hydrogens (tertiary/aromatic N) is 2. The topological polar surface area (TPSA) is 82.3 Å². The quantitative estimate of drug-likeness (QED) is 0.661. The highest BCUT2D eigenvalue weighted by atomic mass is 16.5. The van der Waals surface area contributed by atoms with Gasteiger partial charge in [0.15, 0.2) is 5.82 Å². The lowest BCUT2D eigenvalue weighted by Gasteiger charge is -2.19. The van der Waals surface area contributed by atoms with E-state index in [1.54, 1.807) is 7.11 Å². The predicted molar refractivity (Wildman–Crippen MR) is 79.9 cm³/mol. The van der Waals surface area contributed by atoms with Gasteiger partial charge in [-0.15, -0.1) is 0 Å². The lowest BCUT2D eigenvalue weighted by molar-refractivity contribution is 0.109. The molecule has 21 heavy (non-hydrogen) atoms. The van der Waals surface area contributed by atoms with Gasteiger partial charge in [0.05, 0.1) is 31.6 Å². The molecule has 3 N–H and O–H groups in total. The van der Waals surface area contributed by atoms with Gasteiger partial charge < -0.3 is 14.9 Å². The summed E-state index contributed by atoms with van der Waals surface area (Å²) in [5, 5.41) is 0. The molecule has 0 saturated carbocycles. The molecule has 1 aromatic carbocycles. The standard InChI is InChI=1S/C15H18N4O2/c1-9-3-4-10(13(7-9)20-2)14-17-12-5-6-21-8-11(12)15(18-14)19-16/h3-4,7H,5-6,8,16H2,1-2H3,(H,17,18,19). The van der Waals surface area contributed by atoms with Crippen molar-refractivity contribution in [2.75, 3.05) is 19.1 Å². The Labute approximate surface area is 123 Å². The zero-order chi connectivity index (χ0) is 14.8. The molecule has 0 amide bonds. The average Bonchev–Trinajstić information content (AvgIpc) is 2.53. The second-order valence-electron chi connectivity index (χ2n) is 4.97. The van der Waals surface area contributed by atoms with Crippen molar-refractivity contribution >= 4 is 5.82 Å². The van der Waals surface area contributed by atoms with E-state index in [9.17, 15) is 0 Å². The van der Waals surface area contributed by atoms with Gasteiger partial charge in [0, 0.05) is 12.0 Å². The first-order valence-electron chi connectivity index (χ1n) is 6.82. The molecule has 6 nitrogen and oxygen atoms in total. The van der Waals surface area contributed by atoms with E-state index in [4.69, 9.17) is 15.3 Å². The summed E-state index contributed by atoms with van der Waals surface area (Å²) in [6.07, 6.45) is 0.758. The second-order valence-corrected chi connectivity index (χ2v) is 4.97. The van der Waals surface area contributed by atoms with Gasteiger partial charge >= 0.3 is 0 Å². The highest BCUT2D eigenvalue weighted by Crippen LogP contribution is 2.31. The van der Waals surface area contributed by atoms with Crippen LogP contribution in [0.2, 0.25) is 0 Å². The van der Waals surface area contributed by atoms with Crippen LogP contribution in [0.15, 0.2) is 18.2 Å². The Balaban J connectivity index is 2.15. The van der Waals surface area contributed by atoms with Gasteiger partial charge in [-0.25, -0.2) is 15.8 Å². The number of rotatable bonds is 3. The molecule has 0 atom stereocenters. The molecule has 6 heteroatoms. The number of nitrogen functional groups attached to an aromatic ring is 1. The zero-order valence-electron chi connectivity index (χ0n) is 12.1. The number of methoxy groups -OCH3 is 1. The van der Waals surface area contributed by atoms with Crippen molar-refractivity contribution in [3.63, 3.8) is 0 Å². The third-order valence-corrected chi connectivity index (χ3v) is 3.56. The Morgan fingerprint density at radius 3 is 2.95 bits per heavy atom. The number of hydrogen-bond donors (Lipinski definition) is 2. The van der Waals surface area contributed by atoms with E-state index in [2.05, 4.69) is 15.4 Å². The van der Waals surface area contributed by atoms with Gasteiger partial charge in [-0.3, -0.25) is 0 Å². The van der Waals surface area contributed by atoms with E-state index in [-0.39, 0.29) is 0 Å². The highest BCUT2D eigenvalue weighted by molar-refractivity contribution is 5.67. The van der Waals surface area contributed by atoms with Gasteiger partial charge in [-0.2, -0.15) is 0 Å². The fourth-order valence-corrected chi connectivity index (χ4v) is 2.45. The van der Waals surface area contributed by atoms with Crippen LogP contribution >= 0.6 is 0 Å². The molecule has 110 valence electrons. The number of aryl methyl sites for hydroxylation is 1. The monoisotopic (exact) mass is 286 g/mol. The summed E-state index contributed by atoms with van der Waals surface area (Å²) in [7, 11) is 1.65. The average molecular weight is 286 g/mol. The van der Waals surface area contributed by atoms with E-state index in [1.807, 2.05) is 25.1 Å². The van der Waals surface area contributed by atoms with Crippen molar-refractivity contribution in [3.05, 3.63) is 35.0 Å². The Hall–Kier alpha value is -2.18. The molecule has 1 aliphatic heterocycles. The fraction of sp³-hybridized carbons (Fsp3) is 0.333. The molecule has 2 heterocycles. The van der Waals surface area contributed by atoms with Crippen LogP contribution in [0.1, 0.15) is 16.8 Å². The molecule has 1 aliphatic rings. The molecule has 0 aliphatic carbocycles. The van der Waals surface area contributed by atoms with Crippen molar-refractivity contribution in [3.8, 4) is 17.1 Å². The normalized spacial score (nSPS) is 13.7. The van der Waals surface area contributed by atoms with Crippen molar-refractivity contribution < 1.29 is 9.47 Å². The van der Waals surface area contributed by atoms with Crippen molar-refractivity contribution in [2.24, 2.45) is 5.84 Å². The number of anilines is 1. The third kappa shape index (κ3) is 2.55. The molecule has 3 rings (SSSR count). The van der Waals surface area contributed by atoms with Gasteiger partial charge in [0.1, 0.15) is 11.6 Å². The van der Waals surface area contributed by atoms with Crippen LogP contribution in [0.25, 0.3) is 11.4 Å². The first-order chi connectivity index (χ1) is 10.2. The van der Waals surface area contributed by atoms with E-state index in [1.165, 1.54) is 0 Å². The lowest BCUT2D eigenvalue weighted by atomic mass is 10.1. The molecule has 0 saturated heterocycles. The summed E-state index contributed by atoms with van der Waals surface area (Å²) in [5.74, 6) is 7.56. The molecule has 2 aromatic rings. The van der Waals surface area contributed by atoms with Gasteiger partial charge in [0.25, 0.3) is 0 Å². The predicted octanol–water partition coefficient (Wildman–Crippen LogP) is 1.82. The largest absolute Gasteiger partial charge is 0.496 e.